The minimum atomic E-state index is 0.358. The summed E-state index contributed by atoms with van der Waals surface area (Å²) in [5.41, 5.74) is 2.01. The third kappa shape index (κ3) is 3.24. The number of piperidine rings is 1. The van der Waals surface area contributed by atoms with Crippen molar-refractivity contribution in [3.63, 3.8) is 0 Å². The van der Waals surface area contributed by atoms with Crippen LogP contribution in [0, 0.1) is 12.8 Å². The van der Waals surface area contributed by atoms with Gasteiger partial charge in [-0.15, -0.1) is 0 Å². The summed E-state index contributed by atoms with van der Waals surface area (Å²) in [6, 6.07) is 1.33. The van der Waals surface area contributed by atoms with E-state index < -0.39 is 0 Å². The number of ketones is 1. The van der Waals surface area contributed by atoms with Crippen LogP contribution in [0.4, 0.5) is 0 Å². The van der Waals surface area contributed by atoms with Crippen LogP contribution in [0.3, 0.4) is 0 Å². The first kappa shape index (κ1) is 15.2. The summed E-state index contributed by atoms with van der Waals surface area (Å²) < 4.78 is 2.95. The molecule has 3 rings (SSSR count). The van der Waals surface area contributed by atoms with Gasteiger partial charge in [0.25, 0.3) is 0 Å². The monoisotopic (exact) mass is 353 g/mol. The molecule has 2 aliphatic heterocycles. The lowest BCUT2D eigenvalue weighted by atomic mass is 9.87. The van der Waals surface area contributed by atoms with Crippen LogP contribution < -0.4 is 5.32 Å². The molecule has 0 spiro atoms. The number of halogens is 1. The Kier molecular flexibility index (Phi) is 4.50. The predicted octanol–water partition coefficient (Wildman–Crippen LogP) is 3.01. The van der Waals surface area contributed by atoms with E-state index in [-0.39, 0.29) is 0 Å². The normalized spacial score (nSPS) is 28.0. The summed E-state index contributed by atoms with van der Waals surface area (Å²) in [6.07, 6.45) is 6.18. The van der Waals surface area contributed by atoms with Crippen molar-refractivity contribution < 1.29 is 4.79 Å². The molecule has 4 nitrogen and oxygen atoms in total. The summed E-state index contributed by atoms with van der Waals surface area (Å²) >= 11 is 3.58. The highest BCUT2D eigenvalue weighted by Gasteiger charge is 2.34. The molecule has 116 valence electrons. The van der Waals surface area contributed by atoms with E-state index in [0.29, 0.717) is 30.2 Å². The van der Waals surface area contributed by atoms with Gasteiger partial charge in [-0.25, -0.2) is 0 Å². The average Bonchev–Trinajstić information content (AvgIpc) is 2.92. The van der Waals surface area contributed by atoms with Gasteiger partial charge in [-0.3, -0.25) is 9.48 Å². The summed E-state index contributed by atoms with van der Waals surface area (Å²) in [7, 11) is 0. The van der Waals surface area contributed by atoms with Crippen LogP contribution in [-0.2, 0) is 17.8 Å². The Bertz CT molecular complexity index is 528. The molecule has 0 amide bonds. The molecular weight excluding hydrogens is 330 g/mol. The second kappa shape index (κ2) is 6.21. The molecular formula is C16H24BrN3O. The highest BCUT2D eigenvalue weighted by molar-refractivity contribution is 9.10. The molecule has 1 aromatic heterocycles. The van der Waals surface area contributed by atoms with Crippen LogP contribution in [0.1, 0.15) is 50.4 Å². The van der Waals surface area contributed by atoms with E-state index in [4.69, 9.17) is 0 Å². The smallest absolute Gasteiger partial charge is 0.139 e. The Hall–Kier alpha value is -0.680. The van der Waals surface area contributed by atoms with Crippen molar-refractivity contribution in [2.45, 2.75) is 71.0 Å². The van der Waals surface area contributed by atoms with E-state index in [1.54, 1.807) is 0 Å². The van der Waals surface area contributed by atoms with Gasteiger partial charge in [0.2, 0.25) is 0 Å². The Morgan fingerprint density at radius 1 is 1.38 bits per heavy atom. The number of nitrogens with zero attached hydrogens (tertiary/aromatic N) is 2. The van der Waals surface area contributed by atoms with Crippen LogP contribution in [0.25, 0.3) is 0 Å². The zero-order valence-corrected chi connectivity index (χ0v) is 14.4. The highest BCUT2D eigenvalue weighted by Crippen LogP contribution is 2.33. The maximum Gasteiger partial charge on any atom is 0.139 e. The summed E-state index contributed by atoms with van der Waals surface area (Å²) in [5, 5.41) is 8.11. The van der Waals surface area contributed by atoms with E-state index in [2.05, 4.69) is 33.3 Å². The molecule has 0 aliphatic carbocycles. The Labute approximate surface area is 134 Å². The van der Waals surface area contributed by atoms with E-state index in [0.717, 1.165) is 28.8 Å². The van der Waals surface area contributed by atoms with E-state index in [1.807, 2.05) is 11.6 Å². The number of carbonyl (C=O) groups is 1. The van der Waals surface area contributed by atoms with Crippen molar-refractivity contribution in [3.05, 3.63) is 15.9 Å². The van der Waals surface area contributed by atoms with Crippen molar-refractivity contribution in [1.82, 2.24) is 15.1 Å². The van der Waals surface area contributed by atoms with Crippen molar-refractivity contribution in [2.75, 3.05) is 0 Å². The second-order valence-electron chi connectivity index (χ2n) is 6.56. The fourth-order valence-electron chi connectivity index (χ4n) is 3.96. The van der Waals surface area contributed by atoms with Gasteiger partial charge < -0.3 is 5.32 Å². The number of rotatable bonds is 5. The van der Waals surface area contributed by atoms with Crippen LogP contribution in [0.5, 0.6) is 0 Å². The summed E-state index contributed by atoms with van der Waals surface area (Å²) in [4.78, 5) is 12.5. The molecule has 2 atom stereocenters. The minimum absolute atomic E-state index is 0.358. The maximum atomic E-state index is 12.5. The van der Waals surface area contributed by atoms with Crippen LogP contribution in [0.2, 0.25) is 0 Å². The van der Waals surface area contributed by atoms with E-state index in [9.17, 15) is 4.79 Å². The fraction of sp³-hybridized carbons (Fsp3) is 0.750. The topological polar surface area (TPSA) is 46.9 Å². The van der Waals surface area contributed by atoms with E-state index in [1.165, 1.54) is 25.7 Å². The van der Waals surface area contributed by atoms with Gasteiger partial charge in [-0.2, -0.15) is 5.10 Å². The molecule has 2 aliphatic rings. The van der Waals surface area contributed by atoms with Crippen molar-refractivity contribution in [1.29, 1.82) is 0 Å². The highest BCUT2D eigenvalue weighted by atomic mass is 79.9. The Balaban J connectivity index is 1.62. The molecule has 5 heteroatoms. The summed E-state index contributed by atoms with van der Waals surface area (Å²) in [5.74, 6) is 0.936. The Morgan fingerprint density at radius 3 is 2.67 bits per heavy atom. The van der Waals surface area contributed by atoms with Gasteiger partial charge in [-0.1, -0.05) is 0 Å². The predicted molar refractivity (Wildman–Crippen MR) is 86.3 cm³/mol. The zero-order valence-electron chi connectivity index (χ0n) is 12.9. The lowest BCUT2D eigenvalue weighted by Crippen LogP contribution is -2.38. The number of carbonyl (C=O) groups excluding carboxylic acids is 1. The van der Waals surface area contributed by atoms with Gasteiger partial charge in [0.1, 0.15) is 5.78 Å². The lowest BCUT2D eigenvalue weighted by molar-refractivity contribution is -0.119. The number of aromatic nitrogens is 2. The Morgan fingerprint density at radius 2 is 2.05 bits per heavy atom. The number of Topliss-reactive ketones (excluding diaryl/α,β-unsaturated/α-hetero) is 1. The SMILES string of the molecule is CCn1nc(C)c(Br)c1CC(=O)CC1CC2CCC(C1)N2. The van der Waals surface area contributed by atoms with Gasteiger partial charge in [0, 0.05) is 31.5 Å². The summed E-state index contributed by atoms with van der Waals surface area (Å²) in [6.45, 7) is 4.86. The van der Waals surface area contributed by atoms with Crippen LogP contribution in [0.15, 0.2) is 4.47 Å². The van der Waals surface area contributed by atoms with Gasteiger partial charge in [0.15, 0.2) is 0 Å². The molecule has 0 saturated carbocycles. The third-order valence-corrected chi connectivity index (χ3v) is 5.94. The molecule has 0 aromatic carbocycles. The number of hydrogen-bond acceptors (Lipinski definition) is 3. The zero-order chi connectivity index (χ0) is 15.0. The number of hydrogen-bond donors (Lipinski definition) is 1. The number of aryl methyl sites for hydroxylation is 2. The molecule has 3 heterocycles. The largest absolute Gasteiger partial charge is 0.311 e. The molecule has 21 heavy (non-hydrogen) atoms. The van der Waals surface area contributed by atoms with E-state index >= 15 is 0 Å². The molecule has 2 fully saturated rings. The number of nitrogens with one attached hydrogen (secondary N) is 1. The van der Waals surface area contributed by atoms with Crippen molar-refractivity contribution in [2.24, 2.45) is 5.92 Å². The quantitative estimate of drug-likeness (QED) is 0.884. The van der Waals surface area contributed by atoms with Crippen LogP contribution in [-0.4, -0.2) is 27.6 Å². The molecule has 0 radical (unpaired) electrons. The number of fused-ring (bicyclic) bond motifs is 2. The van der Waals surface area contributed by atoms with Crippen LogP contribution >= 0.6 is 15.9 Å². The average molecular weight is 354 g/mol. The van der Waals surface area contributed by atoms with Crippen molar-refractivity contribution in [3.8, 4) is 0 Å². The minimum Gasteiger partial charge on any atom is -0.311 e. The first-order valence-electron chi connectivity index (χ1n) is 8.06. The molecule has 1 aromatic rings. The maximum absolute atomic E-state index is 12.5. The van der Waals surface area contributed by atoms with Gasteiger partial charge >= 0.3 is 0 Å². The lowest BCUT2D eigenvalue weighted by Gasteiger charge is -2.28. The fourth-order valence-corrected chi connectivity index (χ4v) is 4.38. The third-order valence-electron chi connectivity index (χ3n) is 4.90. The standard InChI is InChI=1S/C16H24BrN3O/c1-3-20-15(16(17)10(2)19-20)9-14(21)8-11-6-12-4-5-13(7-11)18-12/h11-13,18H,3-9H2,1-2H3. The van der Waals surface area contributed by atoms with Gasteiger partial charge in [0.05, 0.1) is 15.9 Å². The molecule has 2 bridgehead atoms. The van der Waals surface area contributed by atoms with Crippen molar-refractivity contribution >= 4 is 21.7 Å². The molecule has 2 unspecified atom stereocenters. The molecule has 1 N–H and O–H groups in total. The second-order valence-corrected chi connectivity index (χ2v) is 7.35. The van der Waals surface area contributed by atoms with Gasteiger partial charge in [-0.05, 0) is 61.4 Å². The first-order chi connectivity index (χ1) is 10.1. The molecule has 2 saturated heterocycles. The first-order valence-corrected chi connectivity index (χ1v) is 8.85.